The fourth-order valence-electron chi connectivity index (χ4n) is 3.99. The molecule has 2 N–H and O–H groups in total. The Morgan fingerprint density at radius 3 is 2.55 bits per heavy atom. The van der Waals surface area contributed by atoms with Crippen LogP contribution in [0.15, 0.2) is 67.0 Å². The van der Waals surface area contributed by atoms with Gasteiger partial charge in [0.05, 0.1) is 23.4 Å². The number of amides is 2. The van der Waals surface area contributed by atoms with Gasteiger partial charge in [0.2, 0.25) is 0 Å². The number of aryl methyl sites for hydroxylation is 1. The van der Waals surface area contributed by atoms with E-state index < -0.39 is 11.8 Å². The van der Waals surface area contributed by atoms with Gasteiger partial charge in [0, 0.05) is 22.7 Å². The highest BCUT2D eigenvalue weighted by molar-refractivity contribution is 6.49. The first-order valence-corrected chi connectivity index (χ1v) is 10.2. The van der Waals surface area contributed by atoms with E-state index in [1.54, 1.807) is 17.1 Å². The van der Waals surface area contributed by atoms with Gasteiger partial charge < -0.3 is 4.98 Å². The normalized spacial score (nSPS) is 15.0. The molecule has 1 unspecified atom stereocenters. The number of hydrogen-bond acceptors (Lipinski definition) is 4. The summed E-state index contributed by atoms with van der Waals surface area (Å²) in [4.78, 5) is 28.5. The van der Waals surface area contributed by atoms with E-state index in [4.69, 9.17) is 0 Å². The number of carbonyl (C=O) groups excluding carboxylic acids is 2. The zero-order valence-electron chi connectivity index (χ0n) is 17.0. The Balaban J connectivity index is 1.47. The Hall–Kier alpha value is -4.00. The Bertz CT molecular complexity index is 1320. The monoisotopic (exact) mass is 411 g/mol. The minimum absolute atomic E-state index is 0.0961. The second-order valence-corrected chi connectivity index (χ2v) is 7.74. The summed E-state index contributed by atoms with van der Waals surface area (Å²) in [6.07, 6.45) is 5.30. The first-order valence-electron chi connectivity index (χ1n) is 10.2. The molecule has 0 saturated carbocycles. The van der Waals surface area contributed by atoms with Gasteiger partial charge in [-0.3, -0.25) is 14.9 Å². The largest absolute Gasteiger partial charge is 0.361 e. The summed E-state index contributed by atoms with van der Waals surface area (Å²) in [7, 11) is 0. The van der Waals surface area contributed by atoms with E-state index in [-0.39, 0.29) is 11.6 Å². The van der Waals surface area contributed by atoms with E-state index >= 15 is 0 Å². The van der Waals surface area contributed by atoms with Crippen molar-refractivity contribution in [3.8, 4) is 0 Å². The van der Waals surface area contributed by atoms with Crippen molar-refractivity contribution in [3.63, 3.8) is 0 Å². The molecule has 0 saturated heterocycles. The molecule has 1 aliphatic rings. The number of benzene rings is 2. The molecule has 7 heteroatoms. The molecule has 5 rings (SSSR count). The van der Waals surface area contributed by atoms with Crippen molar-refractivity contribution in [2.45, 2.75) is 25.8 Å². The fourth-order valence-corrected chi connectivity index (χ4v) is 3.99. The summed E-state index contributed by atoms with van der Waals surface area (Å²) in [5, 5.41) is 11.8. The molecule has 0 fully saturated rings. The second kappa shape index (κ2) is 7.68. The van der Waals surface area contributed by atoms with Gasteiger partial charge in [-0.25, -0.2) is 4.68 Å². The quantitative estimate of drug-likeness (QED) is 0.475. The van der Waals surface area contributed by atoms with Crippen LogP contribution in [0.1, 0.15) is 36.2 Å². The lowest BCUT2D eigenvalue weighted by Crippen LogP contribution is -2.22. The van der Waals surface area contributed by atoms with Crippen molar-refractivity contribution in [2.75, 3.05) is 0 Å². The third-order valence-electron chi connectivity index (χ3n) is 5.70. The summed E-state index contributed by atoms with van der Waals surface area (Å²) in [6.45, 7) is 2.07. The summed E-state index contributed by atoms with van der Waals surface area (Å²) >= 11 is 0. The number of nitrogens with zero attached hydrogens (tertiary/aromatic N) is 3. The number of aromatic nitrogens is 4. The van der Waals surface area contributed by atoms with Crippen LogP contribution in [0, 0.1) is 0 Å². The van der Waals surface area contributed by atoms with Gasteiger partial charge in [-0.15, -0.1) is 5.10 Å². The highest BCUT2D eigenvalue weighted by Gasteiger charge is 2.35. The van der Waals surface area contributed by atoms with Crippen molar-refractivity contribution >= 4 is 33.9 Å². The molecule has 2 amide bonds. The molecule has 7 nitrogen and oxygen atoms in total. The number of nitrogens with one attached hydrogen (secondary N) is 2. The van der Waals surface area contributed by atoms with Crippen LogP contribution >= 0.6 is 0 Å². The Labute approximate surface area is 178 Å². The van der Waals surface area contributed by atoms with Crippen LogP contribution in [-0.4, -0.2) is 31.8 Å². The van der Waals surface area contributed by atoms with Gasteiger partial charge in [0.25, 0.3) is 11.8 Å². The molecule has 31 heavy (non-hydrogen) atoms. The first-order chi connectivity index (χ1) is 15.1. The highest BCUT2D eigenvalue weighted by Crippen LogP contribution is 2.34. The van der Waals surface area contributed by atoms with E-state index in [2.05, 4.69) is 39.7 Å². The van der Waals surface area contributed by atoms with Crippen LogP contribution in [0.4, 0.5) is 0 Å². The third-order valence-corrected chi connectivity index (χ3v) is 5.70. The van der Waals surface area contributed by atoms with Crippen molar-refractivity contribution in [2.24, 2.45) is 0 Å². The summed E-state index contributed by atoms with van der Waals surface area (Å²) in [6, 6.07) is 18.0. The average molecular weight is 411 g/mol. The maximum absolute atomic E-state index is 12.7. The van der Waals surface area contributed by atoms with Crippen molar-refractivity contribution in [3.05, 3.63) is 83.8 Å². The molecule has 1 aliphatic heterocycles. The van der Waals surface area contributed by atoms with Crippen molar-refractivity contribution in [1.29, 1.82) is 0 Å². The zero-order valence-corrected chi connectivity index (χ0v) is 17.0. The average Bonchev–Trinajstić information content (AvgIpc) is 3.49. The van der Waals surface area contributed by atoms with Gasteiger partial charge in [-0.2, -0.15) is 0 Å². The van der Waals surface area contributed by atoms with Gasteiger partial charge in [0.15, 0.2) is 0 Å². The molecular formula is C24H21N5O2. The second-order valence-electron chi connectivity index (χ2n) is 7.74. The van der Waals surface area contributed by atoms with E-state index in [9.17, 15) is 9.59 Å². The number of carbonyl (C=O) groups is 2. The van der Waals surface area contributed by atoms with Gasteiger partial charge in [-0.1, -0.05) is 53.7 Å². The topological polar surface area (TPSA) is 92.7 Å². The van der Waals surface area contributed by atoms with Crippen LogP contribution in [-0.2, 0) is 16.0 Å². The summed E-state index contributed by atoms with van der Waals surface area (Å²) in [5.74, 6) is -0.870. The fraction of sp³-hybridized carbons (Fsp3) is 0.167. The Morgan fingerprint density at radius 2 is 1.71 bits per heavy atom. The smallest absolute Gasteiger partial charge is 0.261 e. The number of imide groups is 1. The lowest BCUT2D eigenvalue weighted by molar-refractivity contribution is -0.122. The van der Waals surface area contributed by atoms with Gasteiger partial charge in [-0.05, 0) is 31.4 Å². The van der Waals surface area contributed by atoms with E-state index in [0.717, 1.165) is 23.7 Å². The van der Waals surface area contributed by atoms with Crippen LogP contribution in [0.25, 0.3) is 22.0 Å². The minimum atomic E-state index is -0.450. The molecule has 0 aliphatic carbocycles. The molecule has 0 spiro atoms. The predicted octanol–water partition coefficient (Wildman–Crippen LogP) is 3.52. The number of para-hydroxylation sites is 1. The standard InChI is InChI=1S/C24H21N5O2/c1-15(11-12-16-7-3-2-4-8-16)29-14-20(27-28-29)22-21(23(30)26-24(22)31)18-13-25-19-10-6-5-9-17(18)19/h2-10,13-15,25H,11-12H2,1H3,(H,26,30,31). The molecule has 0 radical (unpaired) electrons. The molecular weight excluding hydrogens is 390 g/mol. The third kappa shape index (κ3) is 3.44. The highest BCUT2D eigenvalue weighted by atomic mass is 16.2. The van der Waals surface area contributed by atoms with E-state index in [1.807, 2.05) is 42.5 Å². The molecule has 2 aromatic heterocycles. The van der Waals surface area contributed by atoms with Crippen molar-refractivity contribution < 1.29 is 9.59 Å². The van der Waals surface area contributed by atoms with Gasteiger partial charge >= 0.3 is 0 Å². The number of fused-ring (bicyclic) bond motifs is 1. The van der Waals surface area contributed by atoms with Crippen LogP contribution in [0.2, 0.25) is 0 Å². The lowest BCUT2D eigenvalue weighted by Gasteiger charge is -2.10. The Morgan fingerprint density at radius 1 is 0.968 bits per heavy atom. The number of hydrogen-bond donors (Lipinski definition) is 2. The SMILES string of the molecule is CC(CCc1ccccc1)n1cc(C2=C(c3c[nH]c4ccccc34)C(=O)NC2=O)nn1. The first kappa shape index (κ1) is 19.0. The molecule has 3 heterocycles. The van der Waals surface area contributed by atoms with Gasteiger partial charge in [0.1, 0.15) is 5.69 Å². The number of aromatic amines is 1. The lowest BCUT2D eigenvalue weighted by atomic mass is 9.99. The maximum atomic E-state index is 12.7. The molecule has 1 atom stereocenters. The summed E-state index contributed by atoms with van der Waals surface area (Å²) < 4.78 is 1.76. The number of rotatable bonds is 6. The van der Waals surface area contributed by atoms with Crippen LogP contribution in [0.3, 0.4) is 0 Å². The molecule has 2 aromatic carbocycles. The van der Waals surface area contributed by atoms with Crippen molar-refractivity contribution in [1.82, 2.24) is 25.3 Å². The predicted molar refractivity (Wildman–Crippen MR) is 118 cm³/mol. The van der Waals surface area contributed by atoms with E-state index in [0.29, 0.717) is 16.8 Å². The zero-order chi connectivity index (χ0) is 21.4. The van der Waals surface area contributed by atoms with E-state index in [1.165, 1.54) is 5.56 Å². The molecule has 154 valence electrons. The van der Waals surface area contributed by atoms with Crippen LogP contribution in [0.5, 0.6) is 0 Å². The molecule has 0 bridgehead atoms. The number of H-pyrrole nitrogens is 1. The van der Waals surface area contributed by atoms with Crippen LogP contribution < -0.4 is 5.32 Å². The minimum Gasteiger partial charge on any atom is -0.361 e. The Kier molecular flexibility index (Phi) is 4.71. The molecule has 4 aromatic rings. The summed E-state index contributed by atoms with van der Waals surface area (Å²) in [5.41, 5.74) is 3.83. The maximum Gasteiger partial charge on any atom is 0.261 e.